The second-order valence-corrected chi connectivity index (χ2v) is 6.30. The number of nitriles is 1. The van der Waals surface area contributed by atoms with Crippen LogP contribution in [0.4, 0.5) is 0 Å². The van der Waals surface area contributed by atoms with Gasteiger partial charge in [-0.15, -0.1) is 0 Å². The average Bonchev–Trinajstić information content (AvgIpc) is 2.17. The molecule has 0 N–H and O–H groups in total. The molecule has 0 bridgehead atoms. The van der Waals surface area contributed by atoms with Gasteiger partial charge in [0.15, 0.2) is 15.1 Å². The molecule has 3 nitrogen and oxygen atoms in total. The first-order chi connectivity index (χ1) is 7.39. The van der Waals surface area contributed by atoms with Crippen molar-refractivity contribution >= 4 is 21.4 Å². The van der Waals surface area contributed by atoms with E-state index in [2.05, 4.69) is 0 Å². The Morgan fingerprint density at radius 1 is 1.38 bits per heavy atom. The lowest BCUT2D eigenvalue weighted by atomic mass is 10.1. The molecule has 0 heterocycles. The number of hydrogen-bond donors (Lipinski definition) is 0. The van der Waals surface area contributed by atoms with Crippen LogP contribution in [0, 0.1) is 17.2 Å². The van der Waals surface area contributed by atoms with E-state index < -0.39 is 15.1 Å². The third-order valence-corrected chi connectivity index (χ3v) is 4.66. The lowest BCUT2D eigenvalue weighted by molar-refractivity contribution is 0.563. The minimum atomic E-state index is -3.62. The highest BCUT2D eigenvalue weighted by atomic mass is 35.5. The molecule has 0 aromatic heterocycles. The second kappa shape index (κ2) is 4.86. The Bertz CT molecular complexity index is 517. The first kappa shape index (κ1) is 13.0. The van der Waals surface area contributed by atoms with Crippen LogP contribution in [-0.4, -0.2) is 13.7 Å². The first-order valence-corrected chi connectivity index (χ1v) is 6.71. The van der Waals surface area contributed by atoms with Crippen molar-refractivity contribution in [3.05, 3.63) is 29.3 Å². The molecule has 0 aliphatic carbocycles. The standard InChI is InChI=1S/C11H12ClNO2S/c1-8(2)11(7-13)16(14,15)10-5-3-4-9(12)6-10/h3-6,8,11H,1-2H3. The van der Waals surface area contributed by atoms with Crippen LogP contribution < -0.4 is 0 Å². The Labute approximate surface area is 101 Å². The topological polar surface area (TPSA) is 57.9 Å². The van der Waals surface area contributed by atoms with Gasteiger partial charge in [-0.05, 0) is 24.1 Å². The molecule has 16 heavy (non-hydrogen) atoms. The number of rotatable bonds is 3. The third kappa shape index (κ3) is 2.55. The molecule has 1 atom stereocenters. The van der Waals surface area contributed by atoms with E-state index in [1.807, 2.05) is 6.07 Å². The molecule has 1 unspecified atom stereocenters. The van der Waals surface area contributed by atoms with E-state index in [9.17, 15) is 8.42 Å². The van der Waals surface area contributed by atoms with Crippen molar-refractivity contribution in [3.63, 3.8) is 0 Å². The molecule has 0 aliphatic rings. The zero-order chi connectivity index (χ0) is 12.3. The Morgan fingerprint density at radius 2 is 2.00 bits per heavy atom. The summed E-state index contributed by atoms with van der Waals surface area (Å²) in [5.41, 5.74) is 0. The molecule has 1 aromatic carbocycles. The molecule has 86 valence electrons. The summed E-state index contributed by atoms with van der Waals surface area (Å²) in [7, 11) is -3.62. The molecule has 0 spiro atoms. The molecule has 0 aliphatic heterocycles. The van der Waals surface area contributed by atoms with Crippen molar-refractivity contribution in [3.8, 4) is 6.07 Å². The summed E-state index contributed by atoms with van der Waals surface area (Å²) in [6.45, 7) is 3.41. The lowest BCUT2D eigenvalue weighted by Crippen LogP contribution is -2.25. The number of sulfone groups is 1. The van der Waals surface area contributed by atoms with Crippen molar-refractivity contribution in [2.24, 2.45) is 5.92 Å². The third-order valence-electron chi connectivity index (χ3n) is 2.19. The summed E-state index contributed by atoms with van der Waals surface area (Å²) in [4.78, 5) is 0.0975. The van der Waals surface area contributed by atoms with Crippen LogP contribution in [0.25, 0.3) is 0 Å². The van der Waals surface area contributed by atoms with Gasteiger partial charge in [-0.3, -0.25) is 0 Å². The van der Waals surface area contributed by atoms with Gasteiger partial charge in [0.1, 0.15) is 0 Å². The minimum Gasteiger partial charge on any atom is -0.222 e. The van der Waals surface area contributed by atoms with E-state index in [1.54, 1.807) is 26.0 Å². The van der Waals surface area contributed by atoms with Gasteiger partial charge < -0.3 is 0 Å². The van der Waals surface area contributed by atoms with E-state index >= 15 is 0 Å². The summed E-state index contributed by atoms with van der Waals surface area (Å²) in [5.74, 6) is -0.256. The molecule has 0 saturated carbocycles. The van der Waals surface area contributed by atoms with E-state index in [1.165, 1.54) is 12.1 Å². The van der Waals surface area contributed by atoms with Crippen LogP contribution in [-0.2, 0) is 9.84 Å². The van der Waals surface area contributed by atoms with Crippen LogP contribution in [0.2, 0.25) is 5.02 Å². The number of halogens is 1. The highest BCUT2D eigenvalue weighted by Crippen LogP contribution is 2.23. The smallest absolute Gasteiger partial charge is 0.194 e. The van der Waals surface area contributed by atoms with Crippen molar-refractivity contribution in [2.45, 2.75) is 24.0 Å². The fourth-order valence-corrected chi connectivity index (χ4v) is 3.33. The molecule has 0 amide bonds. The molecule has 0 saturated heterocycles. The van der Waals surface area contributed by atoms with Gasteiger partial charge in [-0.2, -0.15) is 5.26 Å². The lowest BCUT2D eigenvalue weighted by Gasteiger charge is -2.13. The van der Waals surface area contributed by atoms with Gasteiger partial charge in [-0.1, -0.05) is 31.5 Å². The van der Waals surface area contributed by atoms with Gasteiger partial charge in [0, 0.05) is 5.02 Å². The predicted molar refractivity (Wildman–Crippen MR) is 62.9 cm³/mol. The zero-order valence-electron chi connectivity index (χ0n) is 9.01. The molecule has 1 aromatic rings. The average molecular weight is 258 g/mol. The SMILES string of the molecule is CC(C)C(C#N)S(=O)(=O)c1cccc(Cl)c1. The Kier molecular flexibility index (Phi) is 3.95. The molecule has 0 fully saturated rings. The van der Waals surface area contributed by atoms with E-state index in [0.717, 1.165) is 0 Å². The Hall–Kier alpha value is -1.05. The number of hydrogen-bond acceptors (Lipinski definition) is 3. The minimum absolute atomic E-state index is 0.0975. The van der Waals surface area contributed by atoms with E-state index in [-0.39, 0.29) is 10.8 Å². The van der Waals surface area contributed by atoms with Crippen LogP contribution in [0.5, 0.6) is 0 Å². The zero-order valence-corrected chi connectivity index (χ0v) is 10.6. The van der Waals surface area contributed by atoms with Crippen LogP contribution >= 0.6 is 11.6 Å². The maximum Gasteiger partial charge on any atom is 0.194 e. The predicted octanol–water partition coefficient (Wildman–Crippen LogP) is 2.66. The summed E-state index contributed by atoms with van der Waals surface area (Å²) in [5, 5.41) is 8.21. The Morgan fingerprint density at radius 3 is 2.44 bits per heavy atom. The van der Waals surface area contributed by atoms with Gasteiger partial charge in [0.2, 0.25) is 0 Å². The highest BCUT2D eigenvalue weighted by Gasteiger charge is 2.30. The van der Waals surface area contributed by atoms with Crippen molar-refractivity contribution in [1.82, 2.24) is 0 Å². The highest BCUT2D eigenvalue weighted by molar-refractivity contribution is 7.92. The summed E-state index contributed by atoms with van der Waals surface area (Å²) in [6.07, 6.45) is 0. The maximum absolute atomic E-state index is 12.1. The van der Waals surface area contributed by atoms with Crippen molar-refractivity contribution in [2.75, 3.05) is 0 Å². The molecular weight excluding hydrogens is 246 g/mol. The van der Waals surface area contributed by atoms with Gasteiger partial charge in [0.25, 0.3) is 0 Å². The molecule has 0 radical (unpaired) electrons. The Balaban J connectivity index is 3.27. The normalized spacial score (nSPS) is 13.4. The van der Waals surface area contributed by atoms with Crippen molar-refractivity contribution < 1.29 is 8.42 Å². The van der Waals surface area contributed by atoms with Gasteiger partial charge in [-0.25, -0.2) is 8.42 Å². The fourth-order valence-electron chi connectivity index (χ4n) is 1.37. The number of nitrogens with zero attached hydrogens (tertiary/aromatic N) is 1. The monoisotopic (exact) mass is 257 g/mol. The van der Waals surface area contributed by atoms with E-state index in [0.29, 0.717) is 5.02 Å². The number of benzene rings is 1. The summed E-state index contributed by atoms with van der Waals surface area (Å²) in [6, 6.07) is 7.80. The van der Waals surface area contributed by atoms with Crippen LogP contribution in [0.1, 0.15) is 13.8 Å². The largest absolute Gasteiger partial charge is 0.222 e. The van der Waals surface area contributed by atoms with Gasteiger partial charge >= 0.3 is 0 Å². The molecular formula is C11H12ClNO2S. The van der Waals surface area contributed by atoms with E-state index in [4.69, 9.17) is 16.9 Å². The van der Waals surface area contributed by atoms with Crippen molar-refractivity contribution in [1.29, 1.82) is 5.26 Å². The first-order valence-electron chi connectivity index (χ1n) is 4.78. The molecule has 5 heteroatoms. The maximum atomic E-state index is 12.1. The summed E-state index contributed by atoms with van der Waals surface area (Å²) >= 11 is 5.73. The van der Waals surface area contributed by atoms with Gasteiger partial charge in [0.05, 0.1) is 11.0 Å². The van der Waals surface area contributed by atoms with Crippen LogP contribution in [0.3, 0.4) is 0 Å². The fraction of sp³-hybridized carbons (Fsp3) is 0.364. The van der Waals surface area contributed by atoms with Crippen LogP contribution in [0.15, 0.2) is 29.2 Å². The molecule has 1 rings (SSSR count). The second-order valence-electron chi connectivity index (χ2n) is 3.80. The quantitative estimate of drug-likeness (QED) is 0.836. The summed E-state index contributed by atoms with van der Waals surface area (Å²) < 4.78 is 24.2.